The molecule has 0 bridgehead atoms. The zero-order chi connectivity index (χ0) is 36.7. The molecule has 4 aromatic carbocycles. The third-order valence-corrected chi connectivity index (χ3v) is 10.2. The Balaban J connectivity index is 1.07. The van der Waals surface area contributed by atoms with E-state index in [0.29, 0.717) is 30.7 Å². The number of alkyl carbamates (subject to hydrolysis) is 1. The van der Waals surface area contributed by atoms with Gasteiger partial charge in [-0.3, -0.25) is 4.79 Å². The predicted octanol–water partition coefficient (Wildman–Crippen LogP) is 7.52. The van der Waals surface area contributed by atoms with Crippen molar-refractivity contribution in [3.63, 3.8) is 0 Å². The normalized spacial score (nSPS) is 15.7. The van der Waals surface area contributed by atoms with E-state index in [4.69, 9.17) is 14.2 Å². The van der Waals surface area contributed by atoms with Crippen molar-refractivity contribution in [2.45, 2.75) is 69.6 Å². The van der Waals surface area contributed by atoms with E-state index in [0.717, 1.165) is 33.4 Å². The van der Waals surface area contributed by atoms with Crippen LogP contribution in [-0.2, 0) is 36.2 Å². The highest BCUT2D eigenvalue weighted by Crippen LogP contribution is 2.44. The van der Waals surface area contributed by atoms with Crippen LogP contribution in [0.15, 0.2) is 103 Å². The molecule has 0 aromatic heterocycles. The van der Waals surface area contributed by atoms with Gasteiger partial charge in [-0.1, -0.05) is 91.0 Å². The summed E-state index contributed by atoms with van der Waals surface area (Å²) in [4.78, 5) is 54.6. The lowest BCUT2D eigenvalue weighted by Gasteiger charge is -2.29. The molecule has 0 radical (unpaired) electrons. The van der Waals surface area contributed by atoms with Crippen LogP contribution >= 0.6 is 11.8 Å². The van der Waals surface area contributed by atoms with Gasteiger partial charge in [0.15, 0.2) is 0 Å². The number of rotatable bonds is 12. The molecule has 1 heterocycles. The van der Waals surface area contributed by atoms with Gasteiger partial charge in [-0.2, -0.15) is 11.8 Å². The lowest BCUT2D eigenvalue weighted by atomic mass is 9.98. The van der Waals surface area contributed by atoms with Crippen molar-refractivity contribution in [1.82, 2.24) is 10.2 Å². The molecule has 1 aliphatic heterocycles. The molecule has 1 saturated heterocycles. The van der Waals surface area contributed by atoms with Gasteiger partial charge in [-0.05, 0) is 79.1 Å². The van der Waals surface area contributed by atoms with Crippen LogP contribution in [0.2, 0.25) is 0 Å². The van der Waals surface area contributed by atoms with Crippen LogP contribution in [0.5, 0.6) is 0 Å². The summed E-state index contributed by atoms with van der Waals surface area (Å²) in [6.45, 7) is 6.01. The van der Waals surface area contributed by atoms with Gasteiger partial charge in [0.1, 0.15) is 30.9 Å². The zero-order valence-electron chi connectivity index (χ0n) is 29.7. The van der Waals surface area contributed by atoms with Crippen molar-refractivity contribution >= 4 is 35.7 Å². The number of esters is 2. The maximum absolute atomic E-state index is 14.1. The fourth-order valence-corrected chi connectivity index (χ4v) is 7.65. The van der Waals surface area contributed by atoms with Gasteiger partial charge < -0.3 is 24.4 Å². The highest BCUT2D eigenvalue weighted by molar-refractivity contribution is 7.98. The molecule has 0 saturated carbocycles. The van der Waals surface area contributed by atoms with Crippen molar-refractivity contribution in [3.8, 4) is 11.1 Å². The topological polar surface area (TPSA) is 111 Å². The fraction of sp³-hybridized carbons (Fsp3) is 0.333. The molecular weight excluding hydrogens is 677 g/mol. The van der Waals surface area contributed by atoms with Crippen LogP contribution in [0.25, 0.3) is 11.1 Å². The van der Waals surface area contributed by atoms with E-state index < -0.39 is 35.7 Å². The quantitative estimate of drug-likeness (QED) is 0.118. The SMILES string of the molecule is CC(C)(C)OC(=O)NC(CSCc1ccc(C(=O)OCc2ccccc2)cc1)C(=O)N1CCCC1C(=O)OCC1c2ccccc2-c2ccccc21. The van der Waals surface area contributed by atoms with E-state index in [-0.39, 0.29) is 30.8 Å². The first-order valence-electron chi connectivity index (χ1n) is 17.6. The highest BCUT2D eigenvalue weighted by Gasteiger charge is 2.40. The molecule has 1 N–H and O–H groups in total. The predicted molar refractivity (Wildman–Crippen MR) is 201 cm³/mol. The number of carbonyl (C=O) groups excluding carboxylic acids is 4. The van der Waals surface area contributed by atoms with Gasteiger partial charge in [0.2, 0.25) is 5.91 Å². The standard InChI is InChI=1S/C42H44N2O7S/c1-42(2,3)51-41(48)43-36(27-52-26-29-19-21-30(22-20-29)39(46)49-24-28-12-5-4-6-13-28)38(45)44-23-11-18-37(44)40(47)50-25-35-33-16-9-7-14-31(33)32-15-8-10-17-34(32)35/h4-10,12-17,19-22,35-37H,11,18,23-27H2,1-3H3,(H,43,48). The Labute approximate surface area is 309 Å². The first-order valence-corrected chi connectivity index (χ1v) is 18.8. The summed E-state index contributed by atoms with van der Waals surface area (Å²) in [6, 6.07) is 31.2. The number of nitrogens with one attached hydrogen (secondary N) is 1. The maximum Gasteiger partial charge on any atom is 0.408 e. The monoisotopic (exact) mass is 720 g/mol. The average Bonchev–Trinajstić information content (AvgIpc) is 3.76. The third-order valence-electron chi connectivity index (χ3n) is 9.11. The minimum atomic E-state index is -0.936. The Morgan fingerprint density at radius 2 is 1.44 bits per heavy atom. The molecule has 52 heavy (non-hydrogen) atoms. The van der Waals surface area contributed by atoms with Crippen LogP contribution in [0.4, 0.5) is 4.79 Å². The lowest BCUT2D eigenvalue weighted by Crippen LogP contribution is -2.53. The van der Waals surface area contributed by atoms with Crippen LogP contribution in [-0.4, -0.2) is 65.4 Å². The minimum Gasteiger partial charge on any atom is -0.463 e. The number of carbonyl (C=O) groups is 4. The van der Waals surface area contributed by atoms with Gasteiger partial charge >= 0.3 is 18.0 Å². The van der Waals surface area contributed by atoms with Crippen molar-refractivity contribution < 1.29 is 33.4 Å². The van der Waals surface area contributed by atoms with Crippen molar-refractivity contribution in [1.29, 1.82) is 0 Å². The van der Waals surface area contributed by atoms with Crippen LogP contribution in [0, 0.1) is 0 Å². The average molecular weight is 721 g/mol. The molecule has 1 fully saturated rings. The summed E-state index contributed by atoms with van der Waals surface area (Å²) in [6.07, 6.45) is 0.420. The number of amides is 2. The molecule has 9 nitrogen and oxygen atoms in total. The first kappa shape index (κ1) is 36.7. The molecule has 4 aromatic rings. The van der Waals surface area contributed by atoms with E-state index >= 15 is 0 Å². The number of fused-ring (bicyclic) bond motifs is 3. The number of hydrogen-bond acceptors (Lipinski definition) is 8. The lowest BCUT2D eigenvalue weighted by molar-refractivity contribution is -0.154. The van der Waals surface area contributed by atoms with Gasteiger partial charge in [0, 0.05) is 24.0 Å². The van der Waals surface area contributed by atoms with Gasteiger partial charge in [-0.15, -0.1) is 0 Å². The van der Waals surface area contributed by atoms with Crippen molar-refractivity contribution in [2.75, 3.05) is 18.9 Å². The summed E-state index contributed by atoms with van der Waals surface area (Å²) in [5.41, 5.74) is 6.05. The summed E-state index contributed by atoms with van der Waals surface area (Å²) >= 11 is 1.46. The number of nitrogens with zero attached hydrogens (tertiary/aromatic N) is 1. The number of thioether (sulfide) groups is 1. The highest BCUT2D eigenvalue weighted by atomic mass is 32.2. The Morgan fingerprint density at radius 3 is 2.10 bits per heavy atom. The molecule has 2 aliphatic rings. The molecule has 0 spiro atoms. The Bertz CT molecular complexity index is 1850. The molecule has 2 atom stereocenters. The van der Waals surface area contributed by atoms with Gasteiger partial charge in [-0.25, -0.2) is 14.4 Å². The minimum absolute atomic E-state index is 0.0890. The summed E-state index contributed by atoms with van der Waals surface area (Å²) < 4.78 is 16.9. The molecule has 6 rings (SSSR count). The molecule has 270 valence electrons. The largest absolute Gasteiger partial charge is 0.463 e. The van der Waals surface area contributed by atoms with Gasteiger partial charge in [0.05, 0.1) is 5.56 Å². The smallest absolute Gasteiger partial charge is 0.408 e. The van der Waals surface area contributed by atoms with E-state index in [1.807, 2.05) is 66.7 Å². The maximum atomic E-state index is 14.1. The van der Waals surface area contributed by atoms with E-state index in [1.165, 1.54) is 16.7 Å². The molecule has 2 amide bonds. The molecular formula is C42H44N2O7S. The number of hydrogen-bond donors (Lipinski definition) is 1. The van der Waals surface area contributed by atoms with E-state index in [2.05, 4.69) is 29.6 Å². The van der Waals surface area contributed by atoms with Crippen LogP contribution < -0.4 is 5.32 Å². The number of benzene rings is 4. The van der Waals surface area contributed by atoms with Crippen molar-refractivity contribution in [2.24, 2.45) is 0 Å². The molecule has 1 aliphatic carbocycles. The second kappa shape index (κ2) is 16.5. The Hall–Kier alpha value is -5.09. The number of ether oxygens (including phenoxy) is 3. The molecule has 10 heteroatoms. The van der Waals surface area contributed by atoms with E-state index in [1.54, 1.807) is 32.9 Å². The molecule has 2 unspecified atom stereocenters. The van der Waals surface area contributed by atoms with Crippen LogP contribution in [0.3, 0.4) is 0 Å². The van der Waals surface area contributed by atoms with Gasteiger partial charge in [0.25, 0.3) is 0 Å². The summed E-state index contributed by atoms with van der Waals surface area (Å²) in [5.74, 6) is -0.535. The van der Waals surface area contributed by atoms with Crippen LogP contribution in [0.1, 0.15) is 72.1 Å². The second-order valence-electron chi connectivity index (χ2n) is 14.0. The fourth-order valence-electron chi connectivity index (χ4n) is 6.64. The Kier molecular flexibility index (Phi) is 11.6. The second-order valence-corrected chi connectivity index (χ2v) is 15.0. The van der Waals surface area contributed by atoms with E-state index in [9.17, 15) is 19.2 Å². The van der Waals surface area contributed by atoms with Crippen molar-refractivity contribution in [3.05, 3.63) is 131 Å². The summed E-state index contributed by atoms with van der Waals surface area (Å²) in [5, 5.41) is 2.76. The third kappa shape index (κ3) is 9.03. The summed E-state index contributed by atoms with van der Waals surface area (Å²) in [7, 11) is 0. The zero-order valence-corrected chi connectivity index (χ0v) is 30.5. The number of likely N-dealkylation sites (tertiary alicyclic amines) is 1. The Morgan fingerprint density at radius 1 is 0.808 bits per heavy atom. The first-order chi connectivity index (χ1) is 25.1.